The topological polar surface area (TPSA) is 53.1 Å². The minimum atomic E-state index is 0.603. The molecule has 2 heterocycles. The maximum atomic E-state index is 6.96. The molecule has 5 rings (SSSR count). The molecule has 5 nitrogen and oxygen atoms in total. The van der Waals surface area contributed by atoms with Gasteiger partial charge in [0.1, 0.15) is 10.8 Å². The summed E-state index contributed by atoms with van der Waals surface area (Å²) < 4.78 is 0. The largest absolute Gasteiger partial charge is 0.388 e. The monoisotopic (exact) mass is 547 g/mol. The Kier molecular flexibility index (Phi) is 8.49. The van der Waals surface area contributed by atoms with E-state index >= 15 is 0 Å². The molecule has 2 N–H and O–H groups in total. The lowest BCUT2D eigenvalue weighted by molar-refractivity contribution is 0.226. The minimum absolute atomic E-state index is 0.603. The molecular formula is C31H38ClN5S. The second kappa shape index (κ2) is 12.0. The van der Waals surface area contributed by atoms with E-state index in [0.29, 0.717) is 17.0 Å². The van der Waals surface area contributed by atoms with Crippen LogP contribution in [0.4, 0.5) is 11.5 Å². The Morgan fingerprint density at radius 1 is 1.05 bits per heavy atom. The second-order valence-electron chi connectivity index (χ2n) is 10.6. The van der Waals surface area contributed by atoms with Crippen molar-refractivity contribution in [2.45, 2.75) is 68.3 Å². The molecule has 200 valence electrons. The van der Waals surface area contributed by atoms with Crippen LogP contribution in [0.25, 0.3) is 5.70 Å². The number of benzene rings is 2. The summed E-state index contributed by atoms with van der Waals surface area (Å²) in [5.41, 5.74) is 5.75. The van der Waals surface area contributed by atoms with E-state index < -0.39 is 0 Å². The summed E-state index contributed by atoms with van der Waals surface area (Å²) >= 11 is 8.50. The van der Waals surface area contributed by atoms with E-state index in [4.69, 9.17) is 21.6 Å². The van der Waals surface area contributed by atoms with Gasteiger partial charge in [-0.1, -0.05) is 74.0 Å². The van der Waals surface area contributed by atoms with Crippen LogP contribution in [0.2, 0.25) is 5.02 Å². The summed E-state index contributed by atoms with van der Waals surface area (Å²) in [7, 11) is 1.90. The highest BCUT2D eigenvalue weighted by Gasteiger charge is 2.37. The third kappa shape index (κ3) is 5.97. The highest BCUT2D eigenvalue weighted by molar-refractivity contribution is 7.99. The van der Waals surface area contributed by atoms with E-state index in [0.717, 1.165) is 52.2 Å². The number of hydrogen-bond acceptors (Lipinski definition) is 6. The van der Waals surface area contributed by atoms with Crippen molar-refractivity contribution >= 4 is 40.6 Å². The fraction of sp³-hybridized carbons (Fsp3) is 0.419. The van der Waals surface area contributed by atoms with Crippen LogP contribution in [0.15, 0.2) is 65.3 Å². The van der Waals surface area contributed by atoms with Crippen molar-refractivity contribution in [1.82, 2.24) is 15.3 Å². The van der Waals surface area contributed by atoms with Gasteiger partial charge in [-0.2, -0.15) is 0 Å². The Morgan fingerprint density at radius 3 is 2.50 bits per heavy atom. The van der Waals surface area contributed by atoms with E-state index in [-0.39, 0.29) is 0 Å². The number of rotatable bonds is 9. The molecule has 1 aliphatic carbocycles. The number of halogens is 1. The normalized spacial score (nSPS) is 16.6. The Bertz CT molecular complexity index is 1260. The first-order valence-electron chi connectivity index (χ1n) is 13.8. The maximum absolute atomic E-state index is 6.96. The molecule has 0 atom stereocenters. The van der Waals surface area contributed by atoms with Crippen LogP contribution in [0.1, 0.15) is 62.1 Å². The molecule has 0 bridgehead atoms. The van der Waals surface area contributed by atoms with Crippen molar-refractivity contribution in [1.29, 1.82) is 0 Å². The SMILES string of the molecule is C=C(NCc1cccc(CC)c1)c1c(NC)ccc(Sc2cnc(N3CCC4(CCCC4)CC3)cn2)c1Cl. The molecule has 1 aromatic heterocycles. The Morgan fingerprint density at radius 2 is 1.82 bits per heavy atom. The van der Waals surface area contributed by atoms with Crippen molar-refractivity contribution in [3.63, 3.8) is 0 Å². The van der Waals surface area contributed by atoms with Crippen LogP contribution in [0.3, 0.4) is 0 Å². The van der Waals surface area contributed by atoms with Gasteiger partial charge in [0.2, 0.25) is 0 Å². The van der Waals surface area contributed by atoms with Crippen molar-refractivity contribution < 1.29 is 0 Å². The molecule has 7 heteroatoms. The van der Waals surface area contributed by atoms with Gasteiger partial charge in [0, 0.05) is 48.5 Å². The summed E-state index contributed by atoms with van der Waals surface area (Å²) in [6.45, 7) is 9.34. The third-order valence-corrected chi connectivity index (χ3v) is 9.71. The molecule has 1 saturated carbocycles. The van der Waals surface area contributed by atoms with Crippen molar-refractivity contribution in [3.8, 4) is 0 Å². The Hall–Kier alpha value is -2.70. The standard InChI is InChI=1S/C31H38ClN5S/c1-4-23-8-7-9-24(18-23)19-34-22(2)29-25(33-3)10-11-26(30(29)32)38-28-21-35-27(20-36-28)37-16-14-31(15-17-37)12-5-6-13-31/h7-11,18,20-21,33-34H,2,4-6,12-17,19H2,1,3H3. The molecule has 0 amide bonds. The van der Waals surface area contributed by atoms with Gasteiger partial charge in [0.15, 0.2) is 0 Å². The molecule has 1 spiro atoms. The second-order valence-corrected chi connectivity index (χ2v) is 12.0. The van der Waals surface area contributed by atoms with Crippen molar-refractivity contribution in [2.24, 2.45) is 5.41 Å². The number of hydrogen-bond donors (Lipinski definition) is 2. The summed E-state index contributed by atoms with van der Waals surface area (Å²) in [6, 6.07) is 12.7. The Balaban J connectivity index is 1.26. The van der Waals surface area contributed by atoms with Gasteiger partial charge in [0.25, 0.3) is 0 Å². The zero-order chi connectivity index (χ0) is 26.5. The number of aryl methyl sites for hydroxylation is 1. The zero-order valence-electron chi connectivity index (χ0n) is 22.5. The molecule has 38 heavy (non-hydrogen) atoms. The highest BCUT2D eigenvalue weighted by atomic mass is 35.5. The number of nitrogens with one attached hydrogen (secondary N) is 2. The summed E-state index contributed by atoms with van der Waals surface area (Å²) in [4.78, 5) is 12.8. The predicted octanol–water partition coefficient (Wildman–Crippen LogP) is 7.81. The summed E-state index contributed by atoms with van der Waals surface area (Å²) in [5, 5.41) is 8.22. The van der Waals surface area contributed by atoms with Crippen LogP contribution < -0.4 is 15.5 Å². The molecule has 0 radical (unpaired) electrons. The van der Waals surface area contributed by atoms with E-state index in [1.165, 1.54) is 61.4 Å². The van der Waals surface area contributed by atoms with Gasteiger partial charge in [-0.25, -0.2) is 9.97 Å². The first kappa shape index (κ1) is 26.9. The van der Waals surface area contributed by atoms with Crippen LogP contribution in [-0.4, -0.2) is 30.1 Å². The fourth-order valence-corrected chi connectivity index (χ4v) is 7.03. The van der Waals surface area contributed by atoms with E-state index in [2.05, 4.69) is 53.3 Å². The van der Waals surface area contributed by atoms with E-state index in [1.54, 1.807) is 0 Å². The highest BCUT2D eigenvalue weighted by Crippen LogP contribution is 2.46. The average molecular weight is 548 g/mol. The quantitative estimate of drug-likeness (QED) is 0.285. The number of piperidine rings is 1. The summed E-state index contributed by atoms with van der Waals surface area (Å²) in [5.74, 6) is 0.976. The predicted molar refractivity (Wildman–Crippen MR) is 161 cm³/mol. The van der Waals surface area contributed by atoms with Crippen LogP contribution in [-0.2, 0) is 13.0 Å². The molecular weight excluding hydrogens is 510 g/mol. The zero-order valence-corrected chi connectivity index (χ0v) is 24.1. The average Bonchev–Trinajstić information content (AvgIpc) is 3.41. The number of nitrogens with zero attached hydrogens (tertiary/aromatic N) is 3. The smallest absolute Gasteiger partial charge is 0.147 e. The van der Waals surface area contributed by atoms with Gasteiger partial charge in [-0.05, 0) is 60.8 Å². The van der Waals surface area contributed by atoms with Crippen molar-refractivity contribution in [2.75, 3.05) is 30.4 Å². The number of aromatic nitrogens is 2. The molecule has 3 aromatic rings. The van der Waals surface area contributed by atoms with Crippen LogP contribution in [0.5, 0.6) is 0 Å². The van der Waals surface area contributed by atoms with Gasteiger partial charge >= 0.3 is 0 Å². The maximum Gasteiger partial charge on any atom is 0.147 e. The van der Waals surface area contributed by atoms with E-state index in [9.17, 15) is 0 Å². The van der Waals surface area contributed by atoms with Crippen LogP contribution >= 0.6 is 23.4 Å². The molecule has 0 unspecified atom stereocenters. The van der Waals surface area contributed by atoms with Crippen molar-refractivity contribution in [3.05, 3.63) is 77.1 Å². The minimum Gasteiger partial charge on any atom is -0.388 e. The molecule has 2 aromatic carbocycles. The third-order valence-electron chi connectivity index (χ3n) is 8.22. The fourth-order valence-electron chi connectivity index (χ4n) is 5.87. The molecule has 2 fully saturated rings. The van der Waals surface area contributed by atoms with E-state index in [1.807, 2.05) is 31.6 Å². The first-order chi connectivity index (χ1) is 18.5. The Labute approximate surface area is 236 Å². The lowest BCUT2D eigenvalue weighted by Crippen LogP contribution is -2.39. The van der Waals surface area contributed by atoms with Gasteiger partial charge in [-0.3, -0.25) is 0 Å². The number of anilines is 2. The van der Waals surface area contributed by atoms with Crippen LogP contribution in [0, 0.1) is 5.41 Å². The summed E-state index contributed by atoms with van der Waals surface area (Å²) in [6.07, 6.45) is 13.0. The lowest BCUT2D eigenvalue weighted by atomic mass is 9.77. The first-order valence-corrected chi connectivity index (χ1v) is 15.0. The lowest BCUT2D eigenvalue weighted by Gasteiger charge is -2.39. The molecule has 1 aliphatic heterocycles. The van der Waals surface area contributed by atoms with Gasteiger partial charge in [-0.15, -0.1) is 0 Å². The molecule has 1 saturated heterocycles. The van der Waals surface area contributed by atoms with Gasteiger partial charge < -0.3 is 15.5 Å². The van der Waals surface area contributed by atoms with Gasteiger partial charge in [0.05, 0.1) is 17.4 Å². The molecule has 2 aliphatic rings.